The Morgan fingerprint density at radius 1 is 0.980 bits per heavy atom. The van der Waals surface area contributed by atoms with Crippen LogP contribution in [-0.4, -0.2) is 98.2 Å². The van der Waals surface area contributed by atoms with Crippen molar-refractivity contribution in [3.8, 4) is 5.75 Å². The van der Waals surface area contributed by atoms with Crippen molar-refractivity contribution in [3.05, 3.63) is 91.9 Å². The van der Waals surface area contributed by atoms with Gasteiger partial charge in [-0.15, -0.1) is 0 Å². The van der Waals surface area contributed by atoms with Crippen LogP contribution in [0.2, 0.25) is 15.1 Å². The molecule has 0 spiro atoms. The van der Waals surface area contributed by atoms with Gasteiger partial charge in [0, 0.05) is 49.3 Å². The molecule has 5 rings (SSSR count). The van der Waals surface area contributed by atoms with E-state index < -0.39 is 22.1 Å². The topological polar surface area (TPSA) is 129 Å². The molecule has 3 aromatic carbocycles. The molecule has 2 aliphatic rings. The zero-order valence-corrected chi connectivity index (χ0v) is 31.7. The van der Waals surface area contributed by atoms with Crippen LogP contribution in [0.15, 0.2) is 64.5 Å². The van der Waals surface area contributed by atoms with Gasteiger partial charge in [0.15, 0.2) is 5.75 Å². The van der Waals surface area contributed by atoms with Gasteiger partial charge in [0.05, 0.1) is 29.8 Å². The molecule has 50 heavy (non-hydrogen) atoms. The second-order valence-electron chi connectivity index (χ2n) is 12.7. The number of nitrogens with two attached hydrogens (primary N) is 1. The number of aliphatic imine (C=N–C) groups is 1. The molecule has 268 valence electrons. The number of primary sulfonamides is 1. The zero-order chi connectivity index (χ0) is 36.5. The number of amides is 3. The van der Waals surface area contributed by atoms with Crippen LogP contribution < -0.4 is 9.88 Å². The maximum Gasteiger partial charge on any atom is 0.326 e. The maximum atomic E-state index is 14.9. The van der Waals surface area contributed by atoms with Crippen LogP contribution in [0, 0.1) is 6.92 Å². The quantitative estimate of drug-likeness (QED) is 0.279. The van der Waals surface area contributed by atoms with Crippen LogP contribution >= 0.6 is 34.8 Å². The average Bonchev–Trinajstić information content (AvgIpc) is 3.46. The number of amidine groups is 1. The van der Waals surface area contributed by atoms with E-state index in [1.165, 1.54) is 0 Å². The number of benzene rings is 3. The predicted octanol–water partition coefficient (Wildman–Crippen LogP) is 6.15. The Balaban J connectivity index is 1.65. The number of hydrogen-bond acceptors (Lipinski definition) is 7. The summed E-state index contributed by atoms with van der Waals surface area (Å²) in [5.41, 5.74) is 2.18. The monoisotopic (exact) mass is 762 g/mol. The van der Waals surface area contributed by atoms with Gasteiger partial charge >= 0.3 is 6.03 Å². The van der Waals surface area contributed by atoms with Crippen LogP contribution in [-0.2, 0) is 14.8 Å². The van der Waals surface area contributed by atoms with Gasteiger partial charge in [0.25, 0.3) is 0 Å². The van der Waals surface area contributed by atoms with Gasteiger partial charge in [-0.25, -0.2) is 18.4 Å². The number of sulfonamides is 1. The molecule has 3 aromatic rings. The van der Waals surface area contributed by atoms with E-state index in [1.54, 1.807) is 65.9 Å². The smallest absolute Gasteiger partial charge is 0.326 e. The van der Waals surface area contributed by atoms with E-state index in [9.17, 15) is 18.0 Å². The first-order chi connectivity index (χ1) is 23.6. The largest absolute Gasteiger partial charge is 0.492 e. The van der Waals surface area contributed by atoms with E-state index in [0.29, 0.717) is 41.8 Å². The molecular weight excluding hydrogens is 723 g/mol. The van der Waals surface area contributed by atoms with Crippen molar-refractivity contribution in [3.63, 3.8) is 0 Å². The van der Waals surface area contributed by atoms with Crippen molar-refractivity contribution in [1.29, 1.82) is 0 Å². The number of urea groups is 1. The molecule has 0 unspecified atom stereocenters. The van der Waals surface area contributed by atoms with Crippen molar-refractivity contribution < 1.29 is 22.7 Å². The maximum absolute atomic E-state index is 14.9. The second-order valence-corrected chi connectivity index (χ2v) is 15.4. The van der Waals surface area contributed by atoms with Gasteiger partial charge < -0.3 is 14.5 Å². The van der Waals surface area contributed by atoms with Gasteiger partial charge in [-0.05, 0) is 74.7 Å². The third-order valence-electron chi connectivity index (χ3n) is 9.04. The van der Waals surface area contributed by atoms with Gasteiger partial charge in [0.2, 0.25) is 15.9 Å². The van der Waals surface area contributed by atoms with Gasteiger partial charge in [-0.2, -0.15) is 0 Å². The molecule has 2 heterocycles. The number of piperazine rings is 1. The molecule has 0 aliphatic carbocycles. The number of halogens is 3. The normalized spacial score (nSPS) is 18.4. The molecule has 0 bridgehead atoms. The zero-order valence-electron chi connectivity index (χ0n) is 28.6. The number of rotatable bonds is 9. The third kappa shape index (κ3) is 7.90. The summed E-state index contributed by atoms with van der Waals surface area (Å²) in [6, 6.07) is 14.5. The van der Waals surface area contributed by atoms with E-state index in [2.05, 4.69) is 0 Å². The number of carbonyl (C=O) groups is 2. The Morgan fingerprint density at radius 2 is 1.54 bits per heavy atom. The fraction of sp³-hybridized carbons (Fsp3) is 0.400. The fourth-order valence-electron chi connectivity index (χ4n) is 6.15. The van der Waals surface area contributed by atoms with E-state index in [4.69, 9.17) is 49.7 Å². The van der Waals surface area contributed by atoms with Crippen molar-refractivity contribution in [2.75, 3.05) is 46.4 Å². The average molecular weight is 764 g/mol. The second kappa shape index (κ2) is 15.5. The highest BCUT2D eigenvalue weighted by Crippen LogP contribution is 2.47. The minimum Gasteiger partial charge on any atom is -0.492 e. The molecule has 15 heteroatoms. The molecule has 2 atom stereocenters. The minimum atomic E-state index is -4.38. The molecule has 2 aliphatic heterocycles. The summed E-state index contributed by atoms with van der Waals surface area (Å²) in [6.45, 7) is 9.28. The minimum absolute atomic E-state index is 0.00886. The number of nitrogens with zero attached hydrogens (tertiary/aromatic N) is 5. The highest BCUT2D eigenvalue weighted by Gasteiger charge is 2.46. The Bertz CT molecular complexity index is 1880. The Morgan fingerprint density at radius 3 is 2.06 bits per heavy atom. The number of ether oxygens (including phenoxy) is 1. The molecule has 1 fully saturated rings. The summed E-state index contributed by atoms with van der Waals surface area (Å²) < 4.78 is 31.9. The molecular formula is C35H41Cl3N6O5S. The molecule has 1 saturated heterocycles. The van der Waals surface area contributed by atoms with Crippen molar-refractivity contribution in [2.24, 2.45) is 10.1 Å². The summed E-state index contributed by atoms with van der Waals surface area (Å²) in [7, 11) is -2.60. The Labute approximate surface area is 308 Å². The lowest BCUT2D eigenvalue weighted by Crippen LogP contribution is -2.55. The van der Waals surface area contributed by atoms with Crippen LogP contribution in [0.3, 0.4) is 0 Å². The fourth-order valence-corrected chi connectivity index (χ4v) is 7.70. The molecule has 0 aromatic heterocycles. The number of aryl methyl sites for hydroxylation is 1. The van der Waals surface area contributed by atoms with Gasteiger partial charge in [-0.3, -0.25) is 19.6 Å². The lowest BCUT2D eigenvalue weighted by atomic mass is 9.93. The van der Waals surface area contributed by atoms with Crippen molar-refractivity contribution in [2.45, 2.75) is 50.7 Å². The van der Waals surface area contributed by atoms with Crippen LogP contribution in [0.4, 0.5) is 4.79 Å². The van der Waals surface area contributed by atoms with Gasteiger partial charge in [0.1, 0.15) is 16.8 Å². The van der Waals surface area contributed by atoms with Gasteiger partial charge in [-0.1, -0.05) is 59.1 Å². The number of likely N-dealkylation sites (N-methyl/N-ethyl adjacent to an activating group) is 1. The number of hydrogen-bond donors (Lipinski definition) is 1. The first-order valence-electron chi connectivity index (χ1n) is 16.3. The van der Waals surface area contributed by atoms with E-state index in [0.717, 1.165) is 11.1 Å². The SMILES string of the molecule is CCOc1c(C2=N[C@@H](c3ccc(Cl)cc3)[C@@H](c3ccc(Cl)cc3)N2C(=O)N2CCN(CC(=O)N(C)C(C)C)CC2)cc(C)c(Cl)c1S(N)(=O)=O. The standard InChI is InChI=1S/C35H41Cl3N6O5S/c1-6-49-32-27(19-22(4)29(38)33(32)50(39,47)48)34-40-30(23-7-11-25(36)12-8-23)31(24-9-13-26(37)14-10-24)44(34)35(46)43-17-15-42(16-18-43)20-28(45)41(5)21(2)3/h7-14,19,21,30-31H,6,15-18,20H2,1-5H3,(H2,39,47,48)/t30-,31+/m0/s1. The summed E-state index contributed by atoms with van der Waals surface area (Å²) >= 11 is 19.1. The summed E-state index contributed by atoms with van der Waals surface area (Å²) in [5, 5.41) is 6.69. The molecule has 2 N–H and O–H groups in total. The van der Waals surface area contributed by atoms with Crippen molar-refractivity contribution in [1.82, 2.24) is 19.6 Å². The molecule has 0 radical (unpaired) electrons. The Kier molecular flexibility index (Phi) is 11.7. The van der Waals surface area contributed by atoms with Crippen LogP contribution in [0.25, 0.3) is 0 Å². The molecule has 11 nitrogen and oxygen atoms in total. The highest BCUT2D eigenvalue weighted by atomic mass is 35.5. The van der Waals surface area contributed by atoms with Crippen molar-refractivity contribution >= 4 is 62.6 Å². The molecule has 0 saturated carbocycles. The Hall–Kier alpha value is -3.39. The summed E-state index contributed by atoms with van der Waals surface area (Å²) in [6.07, 6.45) is 0. The highest BCUT2D eigenvalue weighted by molar-refractivity contribution is 7.89. The van der Waals surface area contributed by atoms with Crippen LogP contribution in [0.1, 0.15) is 55.1 Å². The van der Waals surface area contributed by atoms with E-state index in [-0.39, 0.29) is 58.2 Å². The molecule has 3 amide bonds. The summed E-state index contributed by atoms with van der Waals surface area (Å²) in [5.74, 6) is 0.111. The van der Waals surface area contributed by atoms with E-state index >= 15 is 0 Å². The van der Waals surface area contributed by atoms with E-state index in [1.807, 2.05) is 43.0 Å². The third-order valence-corrected chi connectivity index (χ3v) is 11.1. The summed E-state index contributed by atoms with van der Waals surface area (Å²) in [4.78, 5) is 39.6. The van der Waals surface area contributed by atoms with Crippen LogP contribution in [0.5, 0.6) is 5.75 Å². The first kappa shape index (κ1) is 37.9. The predicted molar refractivity (Wildman–Crippen MR) is 197 cm³/mol. The lowest BCUT2D eigenvalue weighted by molar-refractivity contribution is -0.132. The lowest BCUT2D eigenvalue weighted by Gasteiger charge is -2.39. The number of carbonyl (C=O) groups excluding carboxylic acids is 2. The first-order valence-corrected chi connectivity index (χ1v) is 18.9.